The molecule has 0 radical (unpaired) electrons. The zero-order chi connectivity index (χ0) is 41.2. The molecule has 0 spiro atoms. The summed E-state index contributed by atoms with van der Waals surface area (Å²) in [7, 11) is 1.23. The Balaban J connectivity index is 1.12. The topological polar surface area (TPSA) is 186 Å². The second-order valence-electron chi connectivity index (χ2n) is 13.4. The number of aliphatic hydroxyl groups excluding tert-OH is 1. The Labute approximate surface area is 333 Å². The van der Waals surface area contributed by atoms with Crippen LogP contribution in [0.25, 0.3) is 0 Å². The van der Waals surface area contributed by atoms with E-state index >= 15 is 0 Å². The van der Waals surface area contributed by atoms with Crippen LogP contribution in [0.1, 0.15) is 51.2 Å². The average Bonchev–Trinajstić information content (AvgIpc) is 3.20. The van der Waals surface area contributed by atoms with Crippen molar-refractivity contribution < 1.29 is 52.8 Å². The summed E-state index contributed by atoms with van der Waals surface area (Å²) in [4.78, 5) is 37.2. The number of ether oxygens (including phenoxy) is 7. The Hall–Kier alpha value is -5.48. The minimum absolute atomic E-state index is 0.0471. The van der Waals surface area contributed by atoms with Gasteiger partial charge < -0.3 is 48.9 Å². The van der Waals surface area contributed by atoms with E-state index in [1.165, 1.54) is 25.3 Å². The van der Waals surface area contributed by atoms with E-state index < -0.39 is 28.9 Å². The smallest absolute Gasteiger partial charge is 0.336 e. The Kier molecular flexibility index (Phi) is 17.8. The number of carbonyl (C=O) groups is 2. The maximum absolute atomic E-state index is 13.4. The highest BCUT2D eigenvalue weighted by Crippen LogP contribution is 2.40. The van der Waals surface area contributed by atoms with Crippen molar-refractivity contribution in [1.82, 2.24) is 10.6 Å². The highest BCUT2D eigenvalue weighted by Gasteiger charge is 2.38. The van der Waals surface area contributed by atoms with Crippen molar-refractivity contribution in [2.75, 3.05) is 59.8 Å². The van der Waals surface area contributed by atoms with E-state index in [4.69, 9.17) is 33.2 Å². The van der Waals surface area contributed by atoms with Gasteiger partial charge in [-0.05, 0) is 88.2 Å². The summed E-state index contributed by atoms with van der Waals surface area (Å²) in [6.07, 6.45) is 0.232. The Bertz CT molecular complexity index is 1830. The van der Waals surface area contributed by atoms with Crippen LogP contribution in [0.3, 0.4) is 0 Å². The Morgan fingerprint density at radius 2 is 1.47 bits per heavy atom. The monoisotopic (exact) mass is 791 g/mol. The number of allylic oxidation sites excluding steroid dienone is 2. The lowest BCUT2D eigenvalue weighted by molar-refractivity contribution is -0.384. The van der Waals surface area contributed by atoms with Crippen LogP contribution in [0.15, 0.2) is 95.3 Å². The van der Waals surface area contributed by atoms with Crippen molar-refractivity contribution in [3.05, 3.63) is 117 Å². The lowest BCUT2D eigenvalue weighted by atomic mass is 9.80. The summed E-state index contributed by atoms with van der Waals surface area (Å²) in [6, 6.07) is 20.4. The number of aliphatic hydroxyl groups is 1. The number of carbonyl (C=O) groups excluding carboxylic acids is 2. The van der Waals surface area contributed by atoms with Crippen LogP contribution in [0.5, 0.6) is 17.2 Å². The molecule has 0 saturated carbocycles. The van der Waals surface area contributed by atoms with E-state index in [1.807, 2.05) is 38.1 Å². The molecule has 0 aromatic heterocycles. The number of nitro benzene ring substituents is 1. The molecule has 2 unspecified atom stereocenters. The lowest BCUT2D eigenvalue weighted by Crippen LogP contribution is -2.32. The largest absolute Gasteiger partial charge is 0.494 e. The highest BCUT2D eigenvalue weighted by molar-refractivity contribution is 5.99. The van der Waals surface area contributed by atoms with E-state index in [0.717, 1.165) is 5.56 Å². The highest BCUT2D eigenvalue weighted by atomic mass is 16.6. The number of dihydropyridines is 1. The molecule has 15 heteroatoms. The first-order valence-electron chi connectivity index (χ1n) is 18.8. The van der Waals surface area contributed by atoms with Gasteiger partial charge in [0.1, 0.15) is 43.2 Å². The van der Waals surface area contributed by atoms with Gasteiger partial charge in [0.05, 0.1) is 61.6 Å². The molecular weight excluding hydrogens is 738 g/mol. The summed E-state index contributed by atoms with van der Waals surface area (Å²) in [5.41, 5.74) is 2.41. The zero-order valence-corrected chi connectivity index (χ0v) is 33.1. The summed E-state index contributed by atoms with van der Waals surface area (Å²) >= 11 is 0. The summed E-state index contributed by atoms with van der Waals surface area (Å²) in [6.45, 7) is 10.5. The fraction of sp³-hybridized carbons (Fsp3) is 0.429. The van der Waals surface area contributed by atoms with Crippen LogP contribution in [-0.4, -0.2) is 94.0 Å². The number of nitrogens with one attached hydrogen (secondary N) is 2. The molecule has 0 bridgehead atoms. The predicted molar refractivity (Wildman–Crippen MR) is 211 cm³/mol. The molecule has 1 aliphatic rings. The molecule has 308 valence electrons. The SMILES string of the molecule is COC(=O)C1=C(C)NC(C)=C(C(=O)OCCOc2ccc(OCCCNCC(O)COc3ccc(COCCOC(C)C)cc3)cc2)C1c1cccc([N+](=O)[O-])c1. The van der Waals surface area contributed by atoms with Crippen molar-refractivity contribution in [2.45, 2.75) is 58.8 Å². The average molecular weight is 792 g/mol. The number of hydrogen-bond donors (Lipinski definition) is 3. The van der Waals surface area contributed by atoms with Gasteiger partial charge in [0.15, 0.2) is 0 Å². The van der Waals surface area contributed by atoms with Gasteiger partial charge in [-0.3, -0.25) is 10.1 Å². The summed E-state index contributed by atoms with van der Waals surface area (Å²) < 4.78 is 38.9. The molecule has 1 aliphatic heterocycles. The maximum Gasteiger partial charge on any atom is 0.336 e. The third-order valence-corrected chi connectivity index (χ3v) is 8.67. The molecule has 0 aliphatic carbocycles. The fourth-order valence-corrected chi connectivity index (χ4v) is 5.92. The Morgan fingerprint density at radius 1 is 0.842 bits per heavy atom. The van der Waals surface area contributed by atoms with Crippen LogP contribution in [-0.2, 0) is 35.1 Å². The van der Waals surface area contributed by atoms with Crippen LogP contribution in [0, 0.1) is 10.1 Å². The number of benzene rings is 3. The number of non-ortho nitro benzene ring substituents is 1. The first-order chi connectivity index (χ1) is 27.5. The van der Waals surface area contributed by atoms with Gasteiger partial charge in [-0.1, -0.05) is 24.3 Å². The molecular formula is C42H53N3O12. The van der Waals surface area contributed by atoms with Gasteiger partial charge in [-0.2, -0.15) is 0 Å². The second kappa shape index (κ2) is 22.9. The van der Waals surface area contributed by atoms with Crippen molar-refractivity contribution >= 4 is 17.6 Å². The summed E-state index contributed by atoms with van der Waals surface area (Å²) in [5, 5.41) is 28.0. The number of rotatable bonds is 24. The van der Waals surface area contributed by atoms with Gasteiger partial charge in [0.2, 0.25) is 0 Å². The van der Waals surface area contributed by atoms with Crippen molar-refractivity contribution in [3.63, 3.8) is 0 Å². The molecule has 4 rings (SSSR count). The molecule has 0 saturated heterocycles. The van der Waals surface area contributed by atoms with Crippen LogP contribution in [0.2, 0.25) is 0 Å². The number of methoxy groups -OCH3 is 1. The first kappa shape index (κ1) is 44.2. The summed E-state index contributed by atoms with van der Waals surface area (Å²) in [5.74, 6) is -0.465. The predicted octanol–water partition coefficient (Wildman–Crippen LogP) is 5.36. The molecule has 3 aromatic carbocycles. The van der Waals surface area contributed by atoms with Crippen molar-refractivity contribution in [1.29, 1.82) is 0 Å². The number of nitro groups is 1. The van der Waals surface area contributed by atoms with Crippen LogP contribution >= 0.6 is 0 Å². The van der Waals surface area contributed by atoms with Crippen molar-refractivity contribution in [3.8, 4) is 17.2 Å². The first-order valence-corrected chi connectivity index (χ1v) is 18.8. The van der Waals surface area contributed by atoms with E-state index in [9.17, 15) is 24.8 Å². The van der Waals surface area contributed by atoms with E-state index in [0.29, 0.717) is 80.1 Å². The molecule has 3 N–H and O–H groups in total. The third kappa shape index (κ3) is 14.2. The molecule has 15 nitrogen and oxygen atoms in total. The minimum atomic E-state index is -0.955. The third-order valence-electron chi connectivity index (χ3n) is 8.67. The van der Waals surface area contributed by atoms with Gasteiger partial charge in [-0.25, -0.2) is 9.59 Å². The number of hydrogen-bond acceptors (Lipinski definition) is 14. The quantitative estimate of drug-likeness (QED) is 0.0455. The van der Waals surface area contributed by atoms with Gasteiger partial charge in [0.25, 0.3) is 5.69 Å². The van der Waals surface area contributed by atoms with Gasteiger partial charge in [0, 0.05) is 30.1 Å². The maximum atomic E-state index is 13.4. The van der Waals surface area contributed by atoms with E-state index in [2.05, 4.69) is 10.6 Å². The fourth-order valence-electron chi connectivity index (χ4n) is 5.92. The molecule has 0 amide bonds. The number of nitrogens with zero attached hydrogens (tertiary/aromatic N) is 1. The van der Waals surface area contributed by atoms with Crippen LogP contribution in [0.4, 0.5) is 5.69 Å². The standard InChI is InChI=1S/C42H53N3O12/c1-28(2)53-21-20-52-26-31-10-12-37(13-11-31)57-27-34(46)25-43-18-7-19-54-35-14-16-36(17-15-35)55-22-23-56-42(48)39-30(4)44-29(3)38(41(47)51-5)40(39)32-8-6-9-33(24-32)45(49)50/h6,8-17,24,28,34,40,43-44,46H,7,18-23,25-27H2,1-5H3. The van der Waals surface area contributed by atoms with Crippen molar-refractivity contribution in [2.24, 2.45) is 0 Å². The second-order valence-corrected chi connectivity index (χ2v) is 13.4. The minimum Gasteiger partial charge on any atom is -0.494 e. The molecule has 1 heterocycles. The van der Waals surface area contributed by atoms with E-state index in [1.54, 1.807) is 44.2 Å². The Morgan fingerprint density at radius 3 is 2.12 bits per heavy atom. The molecule has 2 atom stereocenters. The van der Waals surface area contributed by atoms with E-state index in [-0.39, 0.29) is 42.8 Å². The lowest BCUT2D eigenvalue weighted by Gasteiger charge is -2.30. The van der Waals surface area contributed by atoms with Gasteiger partial charge in [-0.15, -0.1) is 0 Å². The van der Waals surface area contributed by atoms with Gasteiger partial charge >= 0.3 is 11.9 Å². The molecule has 0 fully saturated rings. The normalized spacial score (nSPS) is 14.5. The molecule has 57 heavy (non-hydrogen) atoms. The van der Waals surface area contributed by atoms with Crippen LogP contribution < -0.4 is 24.8 Å². The zero-order valence-electron chi connectivity index (χ0n) is 33.1. The molecule has 3 aromatic rings. The number of esters is 2.